The number of ether oxygens (including phenoxy) is 2. The van der Waals surface area contributed by atoms with Gasteiger partial charge in [-0.05, 0) is 30.5 Å². The molecule has 1 amide bonds. The van der Waals surface area contributed by atoms with Gasteiger partial charge in [-0.15, -0.1) is 11.3 Å². The second-order valence-corrected chi connectivity index (χ2v) is 11.9. The van der Waals surface area contributed by atoms with Crippen molar-refractivity contribution in [2.45, 2.75) is 25.0 Å². The summed E-state index contributed by atoms with van der Waals surface area (Å²) in [6.45, 7) is 5.65. The maximum Gasteiger partial charge on any atom is 0.534 e. The van der Waals surface area contributed by atoms with Crippen LogP contribution in [0.3, 0.4) is 0 Å². The van der Waals surface area contributed by atoms with Gasteiger partial charge in [0.15, 0.2) is 0 Å². The highest BCUT2D eigenvalue weighted by molar-refractivity contribution is 7.88. The number of methoxy groups -OCH3 is 1. The summed E-state index contributed by atoms with van der Waals surface area (Å²) in [6.07, 6.45) is 1.15. The number of benzene rings is 1. The van der Waals surface area contributed by atoms with Gasteiger partial charge in [0.2, 0.25) is 11.8 Å². The third-order valence-corrected chi connectivity index (χ3v) is 8.69. The first-order chi connectivity index (χ1) is 20.8. The maximum atomic E-state index is 15.7. The van der Waals surface area contributed by atoms with E-state index in [1.165, 1.54) is 29.5 Å². The molecule has 1 aliphatic heterocycles. The van der Waals surface area contributed by atoms with Crippen LogP contribution in [-0.2, 0) is 26.2 Å². The van der Waals surface area contributed by atoms with Crippen molar-refractivity contribution in [2.24, 2.45) is 0 Å². The molecule has 0 spiro atoms. The molecule has 0 saturated carbocycles. The summed E-state index contributed by atoms with van der Waals surface area (Å²) >= 11 is 0.923. The van der Waals surface area contributed by atoms with Crippen LogP contribution in [-0.4, -0.2) is 66.4 Å². The highest BCUT2D eigenvalue weighted by atomic mass is 32.2. The smallest absolute Gasteiger partial charge is 0.490 e. The van der Waals surface area contributed by atoms with Gasteiger partial charge in [-0.25, -0.2) is 13.8 Å². The van der Waals surface area contributed by atoms with Crippen molar-refractivity contribution in [3.05, 3.63) is 59.6 Å². The molecule has 0 bridgehead atoms. The fourth-order valence-electron chi connectivity index (χ4n) is 4.81. The van der Waals surface area contributed by atoms with Gasteiger partial charge < -0.3 is 18.6 Å². The second-order valence-electron chi connectivity index (χ2n) is 9.48. The summed E-state index contributed by atoms with van der Waals surface area (Å²) in [5, 5.41) is 5.75. The normalized spacial score (nSPS) is 15.3. The van der Waals surface area contributed by atoms with Crippen molar-refractivity contribution < 1.29 is 48.8 Å². The molecule has 10 nitrogen and oxygen atoms in total. The Morgan fingerprint density at radius 1 is 1.18 bits per heavy atom. The van der Waals surface area contributed by atoms with Crippen molar-refractivity contribution in [3.63, 3.8) is 0 Å². The van der Waals surface area contributed by atoms with Gasteiger partial charge in [-0.3, -0.25) is 9.48 Å². The third kappa shape index (κ3) is 5.61. The summed E-state index contributed by atoms with van der Waals surface area (Å²) < 4.78 is 111. The lowest BCUT2D eigenvalue weighted by molar-refractivity contribution is -0.129. The summed E-state index contributed by atoms with van der Waals surface area (Å²) in [4.78, 5) is 18.1. The van der Waals surface area contributed by atoms with Gasteiger partial charge in [0.25, 0.3) is 0 Å². The minimum absolute atomic E-state index is 0.00845. The molecule has 234 valence electrons. The van der Waals surface area contributed by atoms with Crippen molar-refractivity contribution >= 4 is 37.4 Å². The molecule has 1 atom stereocenters. The van der Waals surface area contributed by atoms with Crippen LogP contribution in [0.2, 0.25) is 0 Å². The van der Waals surface area contributed by atoms with Gasteiger partial charge in [0.1, 0.15) is 35.4 Å². The van der Waals surface area contributed by atoms with Crippen LogP contribution in [0.5, 0.6) is 11.6 Å². The summed E-state index contributed by atoms with van der Waals surface area (Å²) in [5.74, 6) is -3.60. The summed E-state index contributed by atoms with van der Waals surface area (Å²) in [7, 11) is -4.77. The van der Waals surface area contributed by atoms with Crippen LogP contribution < -0.4 is 8.92 Å². The Labute approximate surface area is 251 Å². The van der Waals surface area contributed by atoms with Gasteiger partial charge in [-0.2, -0.15) is 26.7 Å². The van der Waals surface area contributed by atoms with E-state index in [-0.39, 0.29) is 70.6 Å². The molecule has 4 heterocycles. The van der Waals surface area contributed by atoms with E-state index in [1.807, 2.05) is 0 Å². The number of amides is 1. The maximum absolute atomic E-state index is 15.7. The van der Waals surface area contributed by atoms with Gasteiger partial charge in [0, 0.05) is 31.4 Å². The zero-order valence-electron chi connectivity index (χ0n) is 23.0. The van der Waals surface area contributed by atoms with E-state index in [4.69, 9.17) is 9.47 Å². The number of hydrogen-bond donors (Lipinski definition) is 0. The monoisotopic (exact) mass is 658 g/mol. The zero-order valence-corrected chi connectivity index (χ0v) is 24.7. The van der Waals surface area contributed by atoms with Crippen LogP contribution >= 0.6 is 11.3 Å². The van der Waals surface area contributed by atoms with Crippen LogP contribution in [0.25, 0.3) is 32.6 Å². The minimum Gasteiger partial charge on any atom is -0.490 e. The van der Waals surface area contributed by atoms with E-state index in [2.05, 4.69) is 20.8 Å². The van der Waals surface area contributed by atoms with E-state index in [0.29, 0.717) is 11.8 Å². The number of halogens is 5. The number of thiophene rings is 1. The minimum atomic E-state index is -6.16. The summed E-state index contributed by atoms with van der Waals surface area (Å²) in [5.41, 5.74) is -5.91. The molecule has 1 aliphatic rings. The molecule has 0 saturated heterocycles. The topological polar surface area (TPSA) is 113 Å². The van der Waals surface area contributed by atoms with Crippen LogP contribution in [0.4, 0.5) is 22.0 Å². The fraction of sp³-hybridized carbons (Fsp3) is 0.296. The van der Waals surface area contributed by atoms with E-state index in [9.17, 15) is 30.8 Å². The molecule has 44 heavy (non-hydrogen) atoms. The molecule has 5 rings (SSSR count). The van der Waals surface area contributed by atoms with Crippen molar-refractivity contribution in [1.29, 1.82) is 0 Å². The Kier molecular flexibility index (Phi) is 8.39. The van der Waals surface area contributed by atoms with Gasteiger partial charge in [0.05, 0.1) is 40.5 Å². The summed E-state index contributed by atoms with van der Waals surface area (Å²) in [6, 6.07) is 3.75. The lowest BCUT2D eigenvalue weighted by Gasteiger charge is -2.33. The number of pyridine rings is 1. The molecule has 0 aliphatic carbocycles. The Balaban J connectivity index is 1.80. The first-order valence-electron chi connectivity index (χ1n) is 12.8. The number of rotatable bonds is 9. The predicted molar refractivity (Wildman–Crippen MR) is 149 cm³/mol. The highest BCUT2D eigenvalue weighted by Crippen LogP contribution is 2.48. The first-order valence-corrected chi connectivity index (χ1v) is 15.1. The van der Waals surface area contributed by atoms with E-state index < -0.39 is 39.2 Å². The SMILES string of the molecule is C=CC(=O)N1CCn2nc(-c3nc(OS(=O)(=O)C(F)(F)F)c4ccsc4c3-c3c(F)cc(F)cc3OCCOC)cc2C1C. The Bertz CT molecular complexity index is 1870. The Morgan fingerprint density at radius 2 is 1.93 bits per heavy atom. The van der Waals surface area contributed by atoms with Crippen molar-refractivity contribution in [3.8, 4) is 34.1 Å². The largest absolute Gasteiger partial charge is 0.534 e. The van der Waals surface area contributed by atoms with E-state index >= 15 is 4.39 Å². The zero-order chi connectivity index (χ0) is 32.0. The van der Waals surface area contributed by atoms with Crippen LogP contribution in [0, 0.1) is 11.6 Å². The number of fused-ring (bicyclic) bond motifs is 2. The molecule has 1 unspecified atom stereocenters. The fourth-order valence-corrected chi connectivity index (χ4v) is 6.17. The molecule has 3 aromatic heterocycles. The quantitative estimate of drug-likeness (QED) is 0.0768. The Hall–Kier alpha value is -4.09. The third-order valence-electron chi connectivity index (χ3n) is 6.82. The van der Waals surface area contributed by atoms with Crippen LogP contribution in [0.15, 0.2) is 42.3 Å². The average Bonchev–Trinajstić information content (AvgIpc) is 3.61. The molecular weight excluding hydrogens is 635 g/mol. The van der Waals surface area contributed by atoms with E-state index in [0.717, 1.165) is 23.5 Å². The number of alkyl halides is 3. The standard InChI is InChI=1S/C27H23F5N4O6S2/c1-4-21(37)35-6-7-36-19(14(35)2)13-18(34-36)24-23(22-17(29)11-15(28)12-20(22)41-9-8-40-3)25-16(5-10-43-25)26(33-24)42-44(38,39)27(30,31)32/h4-5,10-14H,1,6-9H2,2-3H3. The molecule has 4 aromatic rings. The highest BCUT2D eigenvalue weighted by Gasteiger charge is 2.49. The van der Waals surface area contributed by atoms with Crippen molar-refractivity contribution in [1.82, 2.24) is 19.7 Å². The molecular formula is C27H23F5N4O6S2. The van der Waals surface area contributed by atoms with Crippen LogP contribution in [0.1, 0.15) is 18.7 Å². The second kappa shape index (κ2) is 11.8. The number of aromatic nitrogens is 3. The van der Waals surface area contributed by atoms with Gasteiger partial charge in [-0.1, -0.05) is 6.58 Å². The number of nitrogens with zero attached hydrogens (tertiary/aromatic N) is 4. The number of carbonyl (C=O) groups is 1. The Morgan fingerprint density at radius 3 is 2.61 bits per heavy atom. The van der Waals surface area contributed by atoms with Gasteiger partial charge >= 0.3 is 15.6 Å². The van der Waals surface area contributed by atoms with Crippen molar-refractivity contribution in [2.75, 3.05) is 26.9 Å². The molecule has 0 N–H and O–H groups in total. The number of hydrogen-bond acceptors (Lipinski definition) is 9. The first kappa shape index (κ1) is 31.3. The average molecular weight is 659 g/mol. The lowest BCUT2D eigenvalue weighted by Crippen LogP contribution is -2.40. The molecule has 0 radical (unpaired) electrons. The molecule has 17 heteroatoms. The predicted octanol–water partition coefficient (Wildman–Crippen LogP) is 5.45. The van der Waals surface area contributed by atoms with E-state index in [1.54, 1.807) is 11.6 Å². The molecule has 1 aromatic carbocycles. The lowest BCUT2D eigenvalue weighted by atomic mass is 9.98. The molecule has 0 fully saturated rings. The number of carbonyl (C=O) groups excluding carboxylic acids is 1.